The van der Waals surface area contributed by atoms with E-state index in [2.05, 4.69) is 10.6 Å². The number of hydrogen-bond acceptors (Lipinski definition) is 6. The highest BCUT2D eigenvalue weighted by Gasteiger charge is 2.20. The molecule has 2 aromatic rings. The number of amides is 2. The number of fused-ring (bicyclic) bond motifs is 8. The van der Waals surface area contributed by atoms with Gasteiger partial charge in [-0.25, -0.2) is 0 Å². The average Bonchev–Trinajstić information content (AvgIpc) is 2.65. The Morgan fingerprint density at radius 1 is 1.00 bits per heavy atom. The van der Waals surface area contributed by atoms with Crippen molar-refractivity contribution in [3.63, 3.8) is 0 Å². The van der Waals surface area contributed by atoms with Crippen LogP contribution in [-0.2, 0) is 22.6 Å². The van der Waals surface area contributed by atoms with Crippen LogP contribution in [0.25, 0.3) is 0 Å². The fourth-order valence-electron chi connectivity index (χ4n) is 2.62. The lowest BCUT2D eigenvalue weighted by Gasteiger charge is -2.13. The summed E-state index contributed by atoms with van der Waals surface area (Å²) in [5, 5.41) is 16.6. The van der Waals surface area contributed by atoms with Gasteiger partial charge in [-0.2, -0.15) is 0 Å². The third-order valence-corrected chi connectivity index (χ3v) is 3.97. The number of benzene rings is 2. The number of nitro groups is 1. The number of methoxy groups -OCH3 is 1. The maximum Gasteiger partial charge on any atom is 0.311 e. The maximum atomic E-state index is 12.0. The van der Waals surface area contributed by atoms with E-state index in [9.17, 15) is 19.7 Å². The Hall–Kier alpha value is -3.62. The smallest absolute Gasteiger partial charge is 0.311 e. The largest absolute Gasteiger partial charge is 0.493 e. The quantitative estimate of drug-likeness (QED) is 0.612. The summed E-state index contributed by atoms with van der Waals surface area (Å²) < 4.78 is 11.0. The fourth-order valence-corrected chi connectivity index (χ4v) is 2.62. The summed E-state index contributed by atoms with van der Waals surface area (Å²) in [6.07, 6.45) is -0.0918. The number of carbonyl (C=O) groups is 2. The number of ether oxygens (including phenoxy) is 2. The van der Waals surface area contributed by atoms with Gasteiger partial charge >= 0.3 is 5.69 Å². The number of rotatable bonds is 2. The van der Waals surface area contributed by atoms with Crippen LogP contribution in [-0.4, -0.2) is 30.4 Å². The zero-order valence-corrected chi connectivity index (χ0v) is 14.5. The molecule has 2 aliphatic rings. The molecule has 4 rings (SSSR count). The van der Waals surface area contributed by atoms with Crippen molar-refractivity contribution in [3.8, 4) is 17.2 Å². The van der Waals surface area contributed by atoms with E-state index in [1.54, 1.807) is 24.3 Å². The minimum absolute atomic E-state index is 0.0264. The van der Waals surface area contributed by atoms with Crippen molar-refractivity contribution in [2.24, 2.45) is 0 Å². The molecule has 2 N–H and O–H groups in total. The van der Waals surface area contributed by atoms with Crippen molar-refractivity contribution in [2.75, 3.05) is 13.7 Å². The lowest BCUT2D eigenvalue weighted by Crippen LogP contribution is -2.37. The molecule has 0 atom stereocenters. The first kappa shape index (κ1) is 18.2. The van der Waals surface area contributed by atoms with Gasteiger partial charge in [0.2, 0.25) is 17.6 Å². The first-order valence-electron chi connectivity index (χ1n) is 8.12. The average molecular weight is 371 g/mol. The van der Waals surface area contributed by atoms with Crippen molar-refractivity contribution >= 4 is 17.5 Å². The molecule has 0 aromatic heterocycles. The van der Waals surface area contributed by atoms with Gasteiger partial charge in [-0.3, -0.25) is 19.7 Å². The van der Waals surface area contributed by atoms with Gasteiger partial charge in [0, 0.05) is 12.6 Å². The number of nitro benzene ring substituents is 1. The minimum atomic E-state index is -0.573. The van der Waals surface area contributed by atoms with Crippen molar-refractivity contribution in [1.29, 1.82) is 0 Å². The molecule has 0 unspecified atom stereocenters. The first-order chi connectivity index (χ1) is 13.0. The molecule has 27 heavy (non-hydrogen) atoms. The van der Waals surface area contributed by atoms with Crippen molar-refractivity contribution in [3.05, 3.63) is 57.6 Å². The molecule has 2 heterocycles. The molecule has 2 aliphatic heterocycles. The Morgan fingerprint density at radius 3 is 2.48 bits per heavy atom. The van der Waals surface area contributed by atoms with Gasteiger partial charge in [0.1, 0.15) is 0 Å². The van der Waals surface area contributed by atoms with Gasteiger partial charge in [0.05, 0.1) is 25.0 Å². The summed E-state index contributed by atoms with van der Waals surface area (Å²) in [6.45, 7) is 0.0219. The van der Waals surface area contributed by atoms with E-state index in [1.165, 1.54) is 19.2 Å². The monoisotopic (exact) mass is 371 g/mol. The summed E-state index contributed by atoms with van der Waals surface area (Å²) >= 11 is 0. The molecule has 0 aliphatic carbocycles. The van der Waals surface area contributed by atoms with Gasteiger partial charge in [0.15, 0.2) is 11.5 Å². The third kappa shape index (κ3) is 4.32. The van der Waals surface area contributed by atoms with Crippen LogP contribution in [0, 0.1) is 10.1 Å². The molecule has 0 saturated carbocycles. The Kier molecular flexibility index (Phi) is 5.20. The van der Waals surface area contributed by atoms with Gasteiger partial charge in [-0.05, 0) is 29.3 Å². The standard InChI is InChI=1S/C18H17N3O6/c1-26-15-5-3-12-7-16(15)27-14-4-2-11(6-13(14)21(24)25)8-17(22)20-10-18(23)19-9-12/h2-7H,8-10H2,1H3,(H,19,23)(H,20,22). The number of nitrogens with zero attached hydrogens (tertiary/aromatic N) is 1. The van der Waals surface area contributed by atoms with Crippen molar-refractivity contribution in [2.45, 2.75) is 13.0 Å². The third-order valence-electron chi connectivity index (χ3n) is 3.97. The second-order valence-corrected chi connectivity index (χ2v) is 5.88. The molecule has 9 nitrogen and oxygen atoms in total. The van der Waals surface area contributed by atoms with Crippen LogP contribution in [0.15, 0.2) is 36.4 Å². The Labute approximate surface area is 154 Å². The van der Waals surface area contributed by atoms with Gasteiger partial charge in [-0.15, -0.1) is 0 Å². The predicted molar refractivity (Wildman–Crippen MR) is 94.7 cm³/mol. The zero-order valence-electron chi connectivity index (χ0n) is 14.5. The highest BCUT2D eigenvalue weighted by molar-refractivity contribution is 5.85. The second kappa shape index (κ2) is 7.73. The molecule has 0 saturated heterocycles. The van der Waals surface area contributed by atoms with E-state index >= 15 is 0 Å². The summed E-state index contributed by atoms with van der Waals surface area (Å²) in [7, 11) is 1.46. The molecule has 0 fully saturated rings. The minimum Gasteiger partial charge on any atom is -0.493 e. The summed E-state index contributed by atoms with van der Waals surface area (Å²) in [5.74, 6) is -0.0604. The van der Waals surface area contributed by atoms with E-state index in [4.69, 9.17) is 9.47 Å². The van der Waals surface area contributed by atoms with Crippen molar-refractivity contribution in [1.82, 2.24) is 10.6 Å². The van der Waals surface area contributed by atoms with Crippen LogP contribution >= 0.6 is 0 Å². The molecule has 9 heteroatoms. The number of hydrogen-bond donors (Lipinski definition) is 2. The number of nitrogens with one attached hydrogen (secondary N) is 2. The van der Waals surface area contributed by atoms with Crippen LogP contribution < -0.4 is 20.1 Å². The van der Waals surface area contributed by atoms with E-state index < -0.39 is 10.8 Å². The molecule has 2 amide bonds. The van der Waals surface area contributed by atoms with Crippen molar-refractivity contribution < 1.29 is 24.0 Å². The van der Waals surface area contributed by atoms with Crippen LogP contribution in [0.4, 0.5) is 5.69 Å². The van der Waals surface area contributed by atoms with Crippen LogP contribution in [0.3, 0.4) is 0 Å². The summed E-state index contributed by atoms with van der Waals surface area (Å²) in [4.78, 5) is 34.7. The zero-order chi connectivity index (χ0) is 19.4. The molecule has 0 spiro atoms. The molecule has 2 aromatic carbocycles. The van der Waals surface area contributed by atoms with E-state index in [0.717, 1.165) is 0 Å². The molecular formula is C18H17N3O6. The highest BCUT2D eigenvalue weighted by atomic mass is 16.6. The molecule has 140 valence electrons. The number of carbonyl (C=O) groups excluding carboxylic acids is 2. The van der Waals surface area contributed by atoms with Gasteiger partial charge in [0.25, 0.3) is 0 Å². The normalized spacial score (nSPS) is 14.3. The Balaban J connectivity index is 2.07. The predicted octanol–water partition coefficient (Wildman–Crippen LogP) is 1.68. The molecule has 0 radical (unpaired) electrons. The highest BCUT2D eigenvalue weighted by Crippen LogP contribution is 2.37. The Bertz CT molecular complexity index is 912. The van der Waals surface area contributed by atoms with E-state index in [0.29, 0.717) is 16.9 Å². The molecule has 4 bridgehead atoms. The van der Waals surface area contributed by atoms with Gasteiger partial charge in [-0.1, -0.05) is 12.1 Å². The second-order valence-electron chi connectivity index (χ2n) is 5.88. The topological polar surface area (TPSA) is 120 Å². The fraction of sp³-hybridized carbons (Fsp3) is 0.222. The summed E-state index contributed by atoms with van der Waals surface area (Å²) in [6, 6.07) is 9.31. The van der Waals surface area contributed by atoms with Crippen LogP contribution in [0.5, 0.6) is 17.2 Å². The van der Waals surface area contributed by atoms with Crippen LogP contribution in [0.1, 0.15) is 11.1 Å². The SMILES string of the molecule is COc1ccc2cc1Oc1ccc(cc1[N+](=O)[O-])CC(=O)NCC(=O)NC2. The summed E-state index contributed by atoms with van der Waals surface area (Å²) in [5.41, 5.74) is 0.874. The Morgan fingerprint density at radius 2 is 1.74 bits per heavy atom. The van der Waals surface area contributed by atoms with Gasteiger partial charge < -0.3 is 20.1 Å². The van der Waals surface area contributed by atoms with Crippen LogP contribution in [0.2, 0.25) is 0 Å². The lowest BCUT2D eigenvalue weighted by molar-refractivity contribution is -0.385. The lowest BCUT2D eigenvalue weighted by atomic mass is 10.1. The first-order valence-corrected chi connectivity index (χ1v) is 8.12. The van der Waals surface area contributed by atoms with E-state index in [-0.39, 0.29) is 42.6 Å². The van der Waals surface area contributed by atoms with E-state index in [1.807, 2.05) is 0 Å². The molecular weight excluding hydrogens is 354 g/mol. The maximum absolute atomic E-state index is 12.0.